The van der Waals surface area contributed by atoms with E-state index in [0.717, 1.165) is 21.8 Å². The van der Waals surface area contributed by atoms with Gasteiger partial charge in [0.05, 0.1) is 9.80 Å². The van der Waals surface area contributed by atoms with Crippen molar-refractivity contribution in [2.75, 3.05) is 26.2 Å². The average Bonchev–Trinajstić information content (AvgIpc) is 3.34. The highest BCUT2D eigenvalue weighted by Crippen LogP contribution is 2.37. The van der Waals surface area contributed by atoms with Crippen LogP contribution in [0.5, 0.6) is 0 Å². The minimum atomic E-state index is -0.494. The lowest BCUT2D eigenvalue weighted by atomic mass is 10.1. The first kappa shape index (κ1) is 22.0. The van der Waals surface area contributed by atoms with Gasteiger partial charge in [-0.15, -0.1) is 11.8 Å². The van der Waals surface area contributed by atoms with Crippen LogP contribution in [-0.4, -0.2) is 52.7 Å². The van der Waals surface area contributed by atoms with Crippen molar-refractivity contribution in [1.82, 2.24) is 9.80 Å². The van der Waals surface area contributed by atoms with Crippen LogP contribution in [0.15, 0.2) is 77.7 Å². The Bertz CT molecular complexity index is 1100. The summed E-state index contributed by atoms with van der Waals surface area (Å²) in [5, 5.41) is 10.5. The Hall–Kier alpha value is -3.17. The number of thioether (sulfide) groups is 1. The summed E-state index contributed by atoms with van der Waals surface area (Å²) < 4.78 is 0. The van der Waals surface area contributed by atoms with Gasteiger partial charge in [0.25, 0.3) is 5.91 Å². The molecule has 3 aromatic rings. The minimum absolute atomic E-state index is 0.0175. The van der Waals surface area contributed by atoms with Crippen molar-refractivity contribution in [2.24, 2.45) is 0 Å². The van der Waals surface area contributed by atoms with Crippen LogP contribution in [0.2, 0.25) is 0 Å². The summed E-state index contributed by atoms with van der Waals surface area (Å²) in [6, 6.07) is 22.4. The summed E-state index contributed by atoms with van der Waals surface area (Å²) in [4.78, 5) is 41.4. The Morgan fingerprint density at radius 1 is 0.875 bits per heavy atom. The predicted octanol–water partition coefficient (Wildman–Crippen LogP) is 4.47. The van der Waals surface area contributed by atoms with Gasteiger partial charge in [-0.25, -0.2) is 0 Å². The third-order valence-electron chi connectivity index (χ3n) is 5.18. The molecule has 1 aliphatic rings. The summed E-state index contributed by atoms with van der Waals surface area (Å²) >= 11 is 2.40. The van der Waals surface area contributed by atoms with Crippen LogP contribution < -0.4 is 0 Å². The highest BCUT2D eigenvalue weighted by molar-refractivity contribution is 8.00. The molecule has 1 aromatic heterocycles. The van der Waals surface area contributed by atoms with Gasteiger partial charge in [-0.05, 0) is 23.8 Å². The zero-order chi connectivity index (χ0) is 22.5. The molecule has 0 radical (unpaired) electrons. The zero-order valence-corrected chi connectivity index (χ0v) is 18.8. The Morgan fingerprint density at radius 3 is 2.06 bits per heavy atom. The molecule has 0 N–H and O–H groups in total. The third kappa shape index (κ3) is 5.00. The topological polar surface area (TPSA) is 83.8 Å². The zero-order valence-electron chi connectivity index (χ0n) is 17.1. The first-order valence-corrected chi connectivity index (χ1v) is 11.8. The van der Waals surface area contributed by atoms with Crippen molar-refractivity contribution < 1.29 is 14.5 Å². The summed E-state index contributed by atoms with van der Waals surface area (Å²) in [6.07, 6.45) is 0. The van der Waals surface area contributed by atoms with Crippen LogP contribution >= 0.6 is 23.1 Å². The molecule has 9 heteroatoms. The lowest BCUT2D eigenvalue weighted by Crippen LogP contribution is -2.51. The number of nitrogens with zero attached hydrogens (tertiary/aromatic N) is 3. The second kappa shape index (κ2) is 9.97. The van der Waals surface area contributed by atoms with E-state index in [9.17, 15) is 19.7 Å². The number of thiophene rings is 1. The van der Waals surface area contributed by atoms with Crippen LogP contribution in [0.25, 0.3) is 0 Å². The standard InChI is InChI=1S/C23H21N3O4S2/c27-22(19-11-12-20(32-19)26(29)30)24-13-15-25(16-14-24)23(28)21(17-7-3-1-4-8-17)31-18-9-5-2-6-10-18/h1-12,21H,13-16H2. The van der Waals surface area contributed by atoms with Crippen LogP contribution in [0.3, 0.4) is 0 Å². The van der Waals surface area contributed by atoms with Gasteiger partial charge in [-0.3, -0.25) is 19.7 Å². The average molecular weight is 468 g/mol. The van der Waals surface area contributed by atoms with E-state index in [1.807, 2.05) is 60.7 Å². The second-order valence-electron chi connectivity index (χ2n) is 7.23. The fourth-order valence-electron chi connectivity index (χ4n) is 3.52. The molecule has 1 atom stereocenters. The molecule has 1 aliphatic heterocycles. The van der Waals surface area contributed by atoms with Gasteiger partial charge in [0, 0.05) is 37.1 Å². The normalized spacial score (nSPS) is 14.8. The highest BCUT2D eigenvalue weighted by Gasteiger charge is 2.31. The second-order valence-corrected chi connectivity index (χ2v) is 9.47. The molecule has 2 heterocycles. The Labute approximate surface area is 193 Å². The van der Waals surface area contributed by atoms with Crippen LogP contribution in [0.1, 0.15) is 20.5 Å². The number of rotatable bonds is 6. The minimum Gasteiger partial charge on any atom is -0.338 e. The van der Waals surface area contributed by atoms with Crippen molar-refractivity contribution >= 4 is 39.9 Å². The molecular formula is C23H21N3O4S2. The first-order chi connectivity index (χ1) is 15.5. The number of nitro groups is 1. The SMILES string of the molecule is O=C(c1ccc([N+](=O)[O-])s1)N1CCN(C(=O)C(Sc2ccccc2)c2ccccc2)CC1. The maximum Gasteiger partial charge on any atom is 0.324 e. The van der Waals surface area contributed by atoms with E-state index in [1.54, 1.807) is 9.80 Å². The lowest BCUT2D eigenvalue weighted by molar-refractivity contribution is -0.380. The van der Waals surface area contributed by atoms with Gasteiger partial charge in [0.2, 0.25) is 5.91 Å². The van der Waals surface area contributed by atoms with E-state index >= 15 is 0 Å². The highest BCUT2D eigenvalue weighted by atomic mass is 32.2. The van der Waals surface area contributed by atoms with Crippen molar-refractivity contribution in [1.29, 1.82) is 0 Å². The fourth-order valence-corrected chi connectivity index (χ4v) is 5.43. The molecule has 2 aromatic carbocycles. The van der Waals surface area contributed by atoms with Gasteiger partial charge in [0.15, 0.2) is 0 Å². The smallest absolute Gasteiger partial charge is 0.324 e. The van der Waals surface area contributed by atoms with Gasteiger partial charge in [-0.2, -0.15) is 0 Å². The van der Waals surface area contributed by atoms with Crippen molar-refractivity contribution in [3.05, 3.63) is 93.4 Å². The number of benzene rings is 2. The Morgan fingerprint density at radius 2 is 1.47 bits per heavy atom. The number of carbonyl (C=O) groups excluding carboxylic acids is 2. The molecular weight excluding hydrogens is 446 g/mol. The Kier molecular flexibility index (Phi) is 6.87. The van der Waals surface area contributed by atoms with E-state index in [-0.39, 0.29) is 22.1 Å². The van der Waals surface area contributed by atoms with Crippen molar-refractivity contribution in [3.63, 3.8) is 0 Å². The molecule has 32 heavy (non-hydrogen) atoms. The van der Waals surface area contributed by atoms with Crippen molar-refractivity contribution in [2.45, 2.75) is 10.1 Å². The number of hydrogen-bond acceptors (Lipinski definition) is 6. The van der Waals surface area contributed by atoms with Gasteiger partial charge >= 0.3 is 5.00 Å². The monoisotopic (exact) mass is 467 g/mol. The van der Waals surface area contributed by atoms with Crippen LogP contribution in [0.4, 0.5) is 5.00 Å². The number of amides is 2. The molecule has 0 spiro atoms. The lowest BCUT2D eigenvalue weighted by Gasteiger charge is -2.36. The maximum atomic E-state index is 13.5. The molecule has 0 aliphatic carbocycles. The molecule has 4 rings (SSSR count). The largest absolute Gasteiger partial charge is 0.338 e. The van der Waals surface area contributed by atoms with E-state index < -0.39 is 4.92 Å². The van der Waals surface area contributed by atoms with Gasteiger partial charge in [-0.1, -0.05) is 59.9 Å². The number of piperazine rings is 1. The van der Waals surface area contributed by atoms with E-state index in [0.29, 0.717) is 31.1 Å². The molecule has 1 saturated heterocycles. The van der Waals surface area contributed by atoms with Crippen LogP contribution in [0, 0.1) is 10.1 Å². The van der Waals surface area contributed by atoms with E-state index in [4.69, 9.17) is 0 Å². The van der Waals surface area contributed by atoms with Gasteiger partial charge < -0.3 is 9.80 Å². The molecule has 2 amide bonds. The predicted molar refractivity (Wildman–Crippen MR) is 125 cm³/mol. The summed E-state index contributed by atoms with van der Waals surface area (Å²) in [5.41, 5.74) is 0.941. The van der Waals surface area contributed by atoms with Gasteiger partial charge in [0.1, 0.15) is 5.25 Å². The fraction of sp³-hybridized carbons (Fsp3) is 0.217. The summed E-state index contributed by atoms with van der Waals surface area (Å²) in [7, 11) is 0. The molecule has 164 valence electrons. The van der Waals surface area contributed by atoms with E-state index in [1.165, 1.54) is 23.9 Å². The summed E-state index contributed by atoms with van der Waals surface area (Å²) in [6.45, 7) is 1.65. The third-order valence-corrected chi connectivity index (χ3v) is 7.46. The quantitative estimate of drug-likeness (QED) is 0.303. The summed E-state index contributed by atoms with van der Waals surface area (Å²) in [5.74, 6) is -0.211. The molecule has 0 saturated carbocycles. The van der Waals surface area contributed by atoms with Crippen LogP contribution in [-0.2, 0) is 4.79 Å². The Balaban J connectivity index is 1.44. The number of carbonyl (C=O) groups is 2. The maximum absolute atomic E-state index is 13.5. The number of hydrogen-bond donors (Lipinski definition) is 0. The molecule has 0 bridgehead atoms. The molecule has 1 fully saturated rings. The van der Waals surface area contributed by atoms with Crippen molar-refractivity contribution in [3.8, 4) is 0 Å². The first-order valence-electron chi connectivity index (χ1n) is 10.1. The molecule has 7 nitrogen and oxygen atoms in total. The van der Waals surface area contributed by atoms with E-state index in [2.05, 4.69) is 0 Å². The molecule has 1 unspecified atom stereocenters.